The second-order valence-electron chi connectivity index (χ2n) is 5.07. The van der Waals surface area contributed by atoms with Crippen LogP contribution in [0.25, 0.3) is 0 Å². The van der Waals surface area contributed by atoms with Crippen LogP contribution < -0.4 is 16.4 Å². The van der Waals surface area contributed by atoms with E-state index in [0.717, 1.165) is 29.3 Å². The van der Waals surface area contributed by atoms with Crippen molar-refractivity contribution in [1.29, 1.82) is 0 Å². The van der Waals surface area contributed by atoms with Crippen molar-refractivity contribution in [3.05, 3.63) is 4.88 Å². The van der Waals surface area contributed by atoms with E-state index in [0.29, 0.717) is 23.0 Å². The third kappa shape index (κ3) is 4.59. The number of rotatable bonds is 8. The molecule has 4 nitrogen and oxygen atoms in total. The van der Waals surface area contributed by atoms with E-state index in [9.17, 15) is 4.79 Å². The molecular weight excluding hydrogens is 290 g/mol. The molecule has 1 heterocycles. The van der Waals surface area contributed by atoms with Gasteiger partial charge in [0, 0.05) is 13.1 Å². The van der Waals surface area contributed by atoms with Crippen molar-refractivity contribution >= 4 is 39.7 Å². The van der Waals surface area contributed by atoms with Gasteiger partial charge in [0.05, 0.1) is 10.6 Å². The molecule has 6 heteroatoms. The average molecular weight is 316 g/mol. The minimum atomic E-state index is -0.0680. The molecule has 0 bridgehead atoms. The molecule has 0 aliphatic rings. The predicted molar refractivity (Wildman–Crippen MR) is 91.1 cm³/mol. The maximum atomic E-state index is 12.1. The number of carbonyl (C=O) groups excluding carboxylic acids is 1. The van der Waals surface area contributed by atoms with Crippen molar-refractivity contribution in [2.45, 2.75) is 38.5 Å². The predicted octanol–water partition coefficient (Wildman–Crippen LogP) is 3.65. The second-order valence-corrected chi connectivity index (χ2v) is 6.91. The van der Waals surface area contributed by atoms with Gasteiger partial charge in [-0.3, -0.25) is 4.79 Å². The summed E-state index contributed by atoms with van der Waals surface area (Å²) in [6.07, 6.45) is 4.01. The molecule has 1 aromatic heterocycles. The molecule has 0 saturated carbocycles. The molecule has 1 rings (SSSR count). The molecule has 114 valence electrons. The number of nitrogens with one attached hydrogen (secondary N) is 2. The Kier molecular flexibility index (Phi) is 7.23. The van der Waals surface area contributed by atoms with Crippen LogP contribution in [0.4, 0.5) is 10.7 Å². The monoisotopic (exact) mass is 315 g/mol. The van der Waals surface area contributed by atoms with Crippen LogP contribution in [0.3, 0.4) is 0 Å². The topological polar surface area (TPSA) is 67.2 Å². The molecule has 0 aromatic carbocycles. The van der Waals surface area contributed by atoms with Crippen molar-refractivity contribution < 1.29 is 4.79 Å². The van der Waals surface area contributed by atoms with Crippen LogP contribution in [0, 0.1) is 5.92 Å². The van der Waals surface area contributed by atoms with Crippen LogP contribution in [0.2, 0.25) is 0 Å². The number of nitrogens with two attached hydrogens (primary N) is 1. The van der Waals surface area contributed by atoms with Gasteiger partial charge in [-0.2, -0.15) is 0 Å². The molecule has 1 amide bonds. The third-order valence-electron chi connectivity index (χ3n) is 2.85. The molecule has 1 aromatic rings. The number of thiophene rings is 1. The molecule has 0 saturated heterocycles. The van der Waals surface area contributed by atoms with Crippen LogP contribution in [-0.2, 0) is 0 Å². The Labute approximate surface area is 129 Å². The lowest BCUT2D eigenvalue weighted by Crippen LogP contribution is -2.23. The van der Waals surface area contributed by atoms with E-state index in [4.69, 9.17) is 5.73 Å². The maximum Gasteiger partial charge on any atom is 0.263 e. The van der Waals surface area contributed by atoms with Crippen LogP contribution in [0.15, 0.2) is 4.90 Å². The lowest BCUT2D eigenvalue weighted by atomic mass is 10.1. The summed E-state index contributed by atoms with van der Waals surface area (Å²) in [5.74, 6) is 0.589. The van der Waals surface area contributed by atoms with Gasteiger partial charge in [0.15, 0.2) is 0 Å². The van der Waals surface area contributed by atoms with Gasteiger partial charge in [-0.1, -0.05) is 20.8 Å². The van der Waals surface area contributed by atoms with Gasteiger partial charge in [-0.25, -0.2) is 0 Å². The van der Waals surface area contributed by atoms with Crippen molar-refractivity contribution in [2.75, 3.05) is 30.4 Å². The van der Waals surface area contributed by atoms with E-state index in [2.05, 4.69) is 24.5 Å². The standard InChI is InChI=1S/C14H25N3OS2/c1-5-7-16-13(18)11-10(15)12(19-4)14(20-11)17-8-6-9(2)3/h9,17H,5-8,15H2,1-4H3,(H,16,18). The highest BCUT2D eigenvalue weighted by Gasteiger charge is 2.20. The van der Waals surface area contributed by atoms with Crippen molar-refractivity contribution in [3.63, 3.8) is 0 Å². The summed E-state index contributed by atoms with van der Waals surface area (Å²) >= 11 is 3.04. The molecule has 0 unspecified atom stereocenters. The molecule has 0 aliphatic heterocycles. The van der Waals surface area contributed by atoms with Gasteiger partial charge in [0.25, 0.3) is 5.91 Å². The summed E-state index contributed by atoms with van der Waals surface area (Å²) in [6, 6.07) is 0. The smallest absolute Gasteiger partial charge is 0.263 e. The van der Waals surface area contributed by atoms with E-state index in [1.54, 1.807) is 11.8 Å². The summed E-state index contributed by atoms with van der Waals surface area (Å²) in [5.41, 5.74) is 6.71. The number of hydrogen-bond acceptors (Lipinski definition) is 5. The van der Waals surface area contributed by atoms with E-state index < -0.39 is 0 Å². The highest BCUT2D eigenvalue weighted by molar-refractivity contribution is 7.99. The minimum Gasteiger partial charge on any atom is -0.396 e. The fourth-order valence-electron chi connectivity index (χ4n) is 1.71. The summed E-state index contributed by atoms with van der Waals surface area (Å²) in [4.78, 5) is 13.7. The molecule has 0 spiro atoms. The first-order valence-electron chi connectivity index (χ1n) is 6.99. The molecule has 0 atom stereocenters. The van der Waals surface area contributed by atoms with E-state index in [-0.39, 0.29) is 5.91 Å². The average Bonchev–Trinajstić information content (AvgIpc) is 2.72. The highest BCUT2D eigenvalue weighted by atomic mass is 32.2. The second kappa shape index (κ2) is 8.42. The van der Waals surface area contributed by atoms with Gasteiger partial charge in [0.1, 0.15) is 9.88 Å². The first-order chi connectivity index (χ1) is 9.51. The fourth-order valence-corrected chi connectivity index (χ4v) is 3.69. The van der Waals surface area contributed by atoms with Crippen LogP contribution >= 0.6 is 23.1 Å². The first kappa shape index (κ1) is 17.2. The van der Waals surface area contributed by atoms with Crippen LogP contribution in [0.1, 0.15) is 43.3 Å². The Balaban J connectivity index is 2.82. The van der Waals surface area contributed by atoms with Gasteiger partial charge in [-0.15, -0.1) is 23.1 Å². The Bertz CT molecular complexity index is 444. The molecule has 0 fully saturated rings. The number of nitrogen functional groups attached to an aromatic ring is 1. The minimum absolute atomic E-state index is 0.0680. The normalized spacial score (nSPS) is 10.8. The number of carbonyl (C=O) groups is 1. The quantitative estimate of drug-likeness (QED) is 0.641. The van der Waals surface area contributed by atoms with Gasteiger partial charge in [-0.05, 0) is 25.0 Å². The van der Waals surface area contributed by atoms with Crippen LogP contribution in [-0.4, -0.2) is 25.3 Å². The molecule has 0 radical (unpaired) electrons. The first-order valence-corrected chi connectivity index (χ1v) is 9.03. The molecule has 0 aliphatic carbocycles. The highest BCUT2D eigenvalue weighted by Crippen LogP contribution is 2.41. The van der Waals surface area contributed by atoms with Crippen molar-refractivity contribution in [3.8, 4) is 0 Å². The van der Waals surface area contributed by atoms with E-state index in [1.807, 2.05) is 13.2 Å². The van der Waals surface area contributed by atoms with Crippen molar-refractivity contribution in [2.24, 2.45) is 5.92 Å². The molecule has 20 heavy (non-hydrogen) atoms. The lowest BCUT2D eigenvalue weighted by molar-refractivity contribution is 0.0958. The third-order valence-corrected chi connectivity index (χ3v) is 4.98. The zero-order valence-corrected chi connectivity index (χ0v) is 14.3. The molecule has 4 N–H and O–H groups in total. The van der Waals surface area contributed by atoms with E-state index in [1.165, 1.54) is 11.3 Å². The number of amides is 1. The van der Waals surface area contributed by atoms with Gasteiger partial charge < -0.3 is 16.4 Å². The zero-order chi connectivity index (χ0) is 15.1. The Morgan fingerprint density at radius 1 is 1.40 bits per heavy atom. The largest absolute Gasteiger partial charge is 0.396 e. The summed E-state index contributed by atoms with van der Waals surface area (Å²) in [7, 11) is 0. The number of anilines is 2. The summed E-state index contributed by atoms with van der Waals surface area (Å²) in [6.45, 7) is 8.01. The number of hydrogen-bond donors (Lipinski definition) is 3. The Morgan fingerprint density at radius 2 is 2.10 bits per heavy atom. The maximum absolute atomic E-state index is 12.1. The van der Waals surface area contributed by atoms with Crippen LogP contribution in [0.5, 0.6) is 0 Å². The lowest BCUT2D eigenvalue weighted by Gasteiger charge is -2.07. The fraction of sp³-hybridized carbons (Fsp3) is 0.643. The Hall–Kier alpha value is -0.880. The summed E-state index contributed by atoms with van der Waals surface area (Å²) in [5, 5.41) is 7.30. The summed E-state index contributed by atoms with van der Waals surface area (Å²) < 4.78 is 0. The zero-order valence-electron chi connectivity index (χ0n) is 12.7. The van der Waals surface area contributed by atoms with Gasteiger partial charge in [0.2, 0.25) is 0 Å². The Morgan fingerprint density at radius 3 is 2.65 bits per heavy atom. The van der Waals surface area contributed by atoms with Crippen molar-refractivity contribution in [1.82, 2.24) is 5.32 Å². The molecular formula is C14H25N3OS2. The van der Waals surface area contributed by atoms with Gasteiger partial charge >= 0.3 is 0 Å². The SMILES string of the molecule is CCCNC(=O)c1sc(NCCC(C)C)c(SC)c1N. The number of thioether (sulfide) groups is 1. The van der Waals surface area contributed by atoms with E-state index >= 15 is 0 Å².